The fraction of sp³-hybridized carbons (Fsp3) is 0.933. The summed E-state index contributed by atoms with van der Waals surface area (Å²) in [5.41, 5.74) is 5.79. The molecule has 0 aromatic rings. The zero-order valence-corrected chi connectivity index (χ0v) is 13.5. The summed E-state index contributed by atoms with van der Waals surface area (Å²) in [6.45, 7) is 6.83. The first kappa shape index (κ1) is 18.7. The van der Waals surface area contributed by atoms with Gasteiger partial charge in [0.25, 0.3) is 0 Å². The summed E-state index contributed by atoms with van der Waals surface area (Å²) < 4.78 is 0. The molecule has 0 aromatic heterocycles. The average Bonchev–Trinajstić information content (AvgIpc) is 2.25. The molecular weight excluding hydrogens is 260 g/mol. The lowest BCUT2D eigenvalue weighted by molar-refractivity contribution is -0.124. The Hall–Kier alpha value is -0.280. The Bertz CT molecular complexity index is 255. The van der Waals surface area contributed by atoms with Crippen LogP contribution in [0.2, 0.25) is 0 Å². The van der Waals surface area contributed by atoms with Crippen LogP contribution in [0.5, 0.6) is 0 Å². The highest BCUT2D eigenvalue weighted by Crippen LogP contribution is 2.22. The highest BCUT2D eigenvalue weighted by Gasteiger charge is 2.27. The SMILES string of the molecule is CC(C)(C)[C@H](N)C(=O)NCC1CCCCCCC1.Cl. The molecule has 0 saturated heterocycles. The van der Waals surface area contributed by atoms with Gasteiger partial charge in [0.2, 0.25) is 5.91 Å². The number of amides is 1. The van der Waals surface area contributed by atoms with E-state index in [9.17, 15) is 4.79 Å². The van der Waals surface area contributed by atoms with Crippen molar-refractivity contribution < 1.29 is 4.79 Å². The van der Waals surface area contributed by atoms with Crippen molar-refractivity contribution in [2.24, 2.45) is 17.1 Å². The van der Waals surface area contributed by atoms with Crippen LogP contribution in [0, 0.1) is 11.3 Å². The summed E-state index contributed by atoms with van der Waals surface area (Å²) >= 11 is 0. The molecule has 1 aliphatic rings. The van der Waals surface area contributed by atoms with Crippen LogP contribution in [0.15, 0.2) is 0 Å². The van der Waals surface area contributed by atoms with Gasteiger partial charge in [-0.2, -0.15) is 0 Å². The molecule has 1 fully saturated rings. The van der Waals surface area contributed by atoms with E-state index in [1.807, 2.05) is 20.8 Å². The van der Waals surface area contributed by atoms with Crippen molar-refractivity contribution in [3.05, 3.63) is 0 Å². The number of carbonyl (C=O) groups is 1. The van der Waals surface area contributed by atoms with Gasteiger partial charge in [0.1, 0.15) is 0 Å². The quantitative estimate of drug-likeness (QED) is 0.838. The van der Waals surface area contributed by atoms with Crippen LogP contribution >= 0.6 is 12.4 Å². The van der Waals surface area contributed by atoms with Crippen molar-refractivity contribution in [1.29, 1.82) is 0 Å². The third-order valence-electron chi connectivity index (χ3n) is 4.01. The third-order valence-corrected chi connectivity index (χ3v) is 4.01. The first-order chi connectivity index (χ1) is 8.41. The van der Waals surface area contributed by atoms with E-state index in [1.54, 1.807) is 0 Å². The van der Waals surface area contributed by atoms with Gasteiger partial charge in [-0.1, -0.05) is 52.9 Å². The molecule has 4 heteroatoms. The van der Waals surface area contributed by atoms with Gasteiger partial charge < -0.3 is 11.1 Å². The van der Waals surface area contributed by atoms with Gasteiger partial charge in [-0.25, -0.2) is 0 Å². The summed E-state index contributed by atoms with van der Waals surface area (Å²) in [5.74, 6) is 0.658. The van der Waals surface area contributed by atoms with Crippen molar-refractivity contribution in [3.63, 3.8) is 0 Å². The lowest BCUT2D eigenvalue weighted by Crippen LogP contribution is -2.49. The smallest absolute Gasteiger partial charge is 0.237 e. The lowest BCUT2D eigenvalue weighted by atomic mass is 9.86. The van der Waals surface area contributed by atoms with Gasteiger partial charge in [-0.15, -0.1) is 12.4 Å². The highest BCUT2D eigenvalue weighted by molar-refractivity contribution is 5.85. The van der Waals surface area contributed by atoms with E-state index < -0.39 is 6.04 Å². The lowest BCUT2D eigenvalue weighted by Gasteiger charge is -2.27. The average molecular weight is 291 g/mol. The van der Waals surface area contributed by atoms with Crippen molar-refractivity contribution >= 4 is 18.3 Å². The predicted octanol–water partition coefficient (Wildman–Crippen LogP) is 3.26. The minimum atomic E-state index is -0.411. The van der Waals surface area contributed by atoms with E-state index in [-0.39, 0.29) is 23.7 Å². The number of hydrogen-bond acceptors (Lipinski definition) is 2. The van der Waals surface area contributed by atoms with Gasteiger partial charge in [-0.05, 0) is 24.2 Å². The van der Waals surface area contributed by atoms with Crippen LogP contribution in [0.3, 0.4) is 0 Å². The van der Waals surface area contributed by atoms with Gasteiger partial charge in [-0.3, -0.25) is 4.79 Å². The van der Waals surface area contributed by atoms with Crippen molar-refractivity contribution in [2.45, 2.75) is 71.8 Å². The molecule has 3 N–H and O–H groups in total. The molecule has 1 rings (SSSR count). The van der Waals surface area contributed by atoms with Gasteiger partial charge >= 0.3 is 0 Å². The Labute approximate surface area is 124 Å². The molecule has 1 aliphatic carbocycles. The van der Waals surface area contributed by atoms with Gasteiger partial charge in [0.05, 0.1) is 6.04 Å². The minimum absolute atomic E-state index is 0. The molecule has 0 heterocycles. The summed E-state index contributed by atoms with van der Waals surface area (Å²) in [6, 6.07) is -0.411. The molecule has 0 radical (unpaired) electrons. The second-order valence-corrected chi connectivity index (χ2v) is 6.80. The van der Waals surface area contributed by atoms with E-state index in [2.05, 4.69) is 5.32 Å². The molecule has 1 amide bonds. The Morgan fingerprint density at radius 3 is 2.11 bits per heavy atom. The van der Waals surface area contributed by atoms with E-state index in [4.69, 9.17) is 5.73 Å². The molecule has 1 saturated carbocycles. The summed E-state index contributed by atoms with van der Waals surface area (Å²) in [6.07, 6.45) is 9.22. The Morgan fingerprint density at radius 2 is 1.63 bits per heavy atom. The number of nitrogens with one attached hydrogen (secondary N) is 1. The maximum absolute atomic E-state index is 12.0. The largest absolute Gasteiger partial charge is 0.354 e. The Balaban J connectivity index is 0.00000324. The molecule has 0 aliphatic heterocycles. The number of rotatable bonds is 3. The molecule has 114 valence electrons. The zero-order valence-electron chi connectivity index (χ0n) is 12.7. The van der Waals surface area contributed by atoms with Gasteiger partial charge in [0.15, 0.2) is 0 Å². The molecule has 0 unspecified atom stereocenters. The maximum atomic E-state index is 12.0. The summed E-state index contributed by atoms with van der Waals surface area (Å²) in [4.78, 5) is 12.0. The number of halogens is 1. The van der Waals surface area contributed by atoms with Gasteiger partial charge in [0, 0.05) is 6.54 Å². The zero-order chi connectivity index (χ0) is 13.6. The van der Waals surface area contributed by atoms with Crippen LogP contribution in [0.1, 0.15) is 65.7 Å². The van der Waals surface area contributed by atoms with Crippen LogP contribution in [0.25, 0.3) is 0 Å². The standard InChI is InChI=1S/C15H30N2O.ClH/c1-15(2,3)13(16)14(18)17-11-12-9-7-5-4-6-8-10-12;/h12-13H,4-11,16H2,1-3H3,(H,17,18);1H/t13-;/m1./s1. The van der Waals surface area contributed by atoms with Crippen LogP contribution in [-0.2, 0) is 4.79 Å². The molecule has 0 spiro atoms. The first-order valence-corrected chi connectivity index (χ1v) is 7.44. The fourth-order valence-corrected chi connectivity index (χ4v) is 2.49. The molecule has 0 bridgehead atoms. The van der Waals surface area contributed by atoms with Crippen LogP contribution < -0.4 is 11.1 Å². The topological polar surface area (TPSA) is 55.1 Å². The minimum Gasteiger partial charge on any atom is -0.354 e. The molecule has 1 atom stereocenters. The Kier molecular flexibility index (Phi) is 8.67. The number of carbonyl (C=O) groups excluding carboxylic acids is 1. The molecular formula is C15H31ClN2O. The van der Waals surface area contributed by atoms with E-state index in [0.717, 1.165) is 6.54 Å². The third kappa shape index (κ3) is 7.17. The second kappa shape index (κ2) is 8.80. The number of hydrogen-bond donors (Lipinski definition) is 2. The van der Waals surface area contributed by atoms with E-state index in [1.165, 1.54) is 44.9 Å². The normalized spacial score (nSPS) is 19.8. The van der Waals surface area contributed by atoms with Crippen molar-refractivity contribution in [2.75, 3.05) is 6.54 Å². The molecule has 0 aromatic carbocycles. The number of nitrogens with two attached hydrogens (primary N) is 1. The highest BCUT2D eigenvalue weighted by atomic mass is 35.5. The first-order valence-electron chi connectivity index (χ1n) is 7.44. The Morgan fingerprint density at radius 1 is 1.16 bits per heavy atom. The fourth-order valence-electron chi connectivity index (χ4n) is 2.49. The van der Waals surface area contributed by atoms with Crippen LogP contribution in [0.4, 0.5) is 0 Å². The summed E-state index contributed by atoms with van der Waals surface area (Å²) in [5, 5.41) is 3.04. The van der Waals surface area contributed by atoms with Crippen molar-refractivity contribution in [3.8, 4) is 0 Å². The second-order valence-electron chi connectivity index (χ2n) is 6.80. The maximum Gasteiger partial charge on any atom is 0.237 e. The van der Waals surface area contributed by atoms with Crippen molar-refractivity contribution in [1.82, 2.24) is 5.32 Å². The van der Waals surface area contributed by atoms with E-state index in [0.29, 0.717) is 5.92 Å². The molecule has 19 heavy (non-hydrogen) atoms. The van der Waals surface area contributed by atoms with E-state index >= 15 is 0 Å². The summed E-state index contributed by atoms with van der Waals surface area (Å²) in [7, 11) is 0. The van der Waals surface area contributed by atoms with Crippen LogP contribution in [-0.4, -0.2) is 18.5 Å². The predicted molar refractivity (Wildman–Crippen MR) is 83.5 cm³/mol. The molecule has 3 nitrogen and oxygen atoms in total. The monoisotopic (exact) mass is 290 g/mol.